The van der Waals surface area contributed by atoms with Crippen molar-refractivity contribution < 1.29 is 19.0 Å². The fourth-order valence-corrected chi connectivity index (χ4v) is 2.92. The molecule has 0 radical (unpaired) electrons. The van der Waals surface area contributed by atoms with E-state index in [1.165, 1.54) is 0 Å². The van der Waals surface area contributed by atoms with Gasteiger partial charge in [0, 0.05) is 11.8 Å². The fraction of sp³-hybridized carbons (Fsp3) is 0.174. The van der Waals surface area contributed by atoms with Gasteiger partial charge in [0.25, 0.3) is 0 Å². The Hall–Kier alpha value is -3.38. The number of amides is 1. The van der Waals surface area contributed by atoms with E-state index >= 15 is 0 Å². The minimum absolute atomic E-state index is 0.210. The van der Waals surface area contributed by atoms with E-state index in [4.69, 9.17) is 25.8 Å². The van der Waals surface area contributed by atoms with Crippen molar-refractivity contribution in [2.75, 3.05) is 24.9 Å². The normalized spacial score (nSPS) is 11.3. The number of benzene rings is 3. The predicted molar refractivity (Wildman–Crippen MR) is 119 cm³/mol. The van der Waals surface area contributed by atoms with Gasteiger partial charge < -0.3 is 24.8 Å². The number of methoxy groups -OCH3 is 2. The van der Waals surface area contributed by atoms with Crippen molar-refractivity contribution in [3.8, 4) is 23.0 Å². The molecule has 0 bridgehead atoms. The lowest BCUT2D eigenvalue weighted by atomic mass is 10.2. The maximum atomic E-state index is 12.6. The molecule has 0 spiro atoms. The van der Waals surface area contributed by atoms with Crippen LogP contribution in [-0.2, 0) is 4.79 Å². The number of hydrogen-bond donors (Lipinski definition) is 2. The van der Waals surface area contributed by atoms with E-state index in [2.05, 4.69) is 10.6 Å². The molecule has 0 saturated heterocycles. The molecule has 0 saturated carbocycles. The maximum Gasteiger partial charge on any atom is 0.246 e. The Morgan fingerprint density at radius 2 is 1.60 bits per heavy atom. The highest BCUT2D eigenvalue weighted by Gasteiger charge is 2.16. The van der Waals surface area contributed by atoms with E-state index in [-0.39, 0.29) is 5.91 Å². The molecular weight excluding hydrogens is 404 g/mol. The lowest BCUT2D eigenvalue weighted by Crippen LogP contribution is -2.32. The van der Waals surface area contributed by atoms with Gasteiger partial charge in [-0.2, -0.15) is 0 Å². The summed E-state index contributed by atoms with van der Waals surface area (Å²) in [6, 6.07) is 19.3. The summed E-state index contributed by atoms with van der Waals surface area (Å²) in [4.78, 5) is 12.6. The van der Waals surface area contributed by atoms with E-state index in [0.29, 0.717) is 33.7 Å². The van der Waals surface area contributed by atoms with E-state index in [0.717, 1.165) is 5.69 Å². The quantitative estimate of drug-likeness (QED) is 0.491. The zero-order valence-corrected chi connectivity index (χ0v) is 17.7. The van der Waals surface area contributed by atoms with Crippen LogP contribution in [0.3, 0.4) is 0 Å². The Kier molecular flexibility index (Phi) is 7.03. The molecule has 0 fully saturated rings. The molecule has 3 aromatic rings. The minimum Gasteiger partial charge on any atom is -0.497 e. The Labute approximate surface area is 180 Å². The second-order valence-electron chi connectivity index (χ2n) is 6.48. The van der Waals surface area contributed by atoms with Gasteiger partial charge in [0.2, 0.25) is 5.91 Å². The molecule has 6 nitrogen and oxygen atoms in total. The van der Waals surface area contributed by atoms with E-state index in [9.17, 15) is 4.79 Å². The zero-order chi connectivity index (χ0) is 21.5. The third kappa shape index (κ3) is 5.36. The highest BCUT2D eigenvalue weighted by Crippen LogP contribution is 2.30. The summed E-state index contributed by atoms with van der Waals surface area (Å²) >= 11 is 6.12. The summed E-state index contributed by atoms with van der Waals surface area (Å²) in [5.74, 6) is 2.20. The standard InChI is InChI=1S/C23H23ClN2O4/c1-15(23(27)26-20-14-18(28-2)12-13-22(20)29-3)25-16-8-10-17(11-9-16)30-21-7-5-4-6-19(21)24/h4-15,25H,1-3H3,(H,26,27). The van der Waals surface area contributed by atoms with Crippen LogP contribution in [0.5, 0.6) is 23.0 Å². The van der Waals surface area contributed by atoms with Crippen LogP contribution in [0.15, 0.2) is 66.7 Å². The lowest BCUT2D eigenvalue weighted by Gasteiger charge is -2.17. The van der Waals surface area contributed by atoms with Gasteiger partial charge >= 0.3 is 0 Å². The summed E-state index contributed by atoms with van der Waals surface area (Å²) < 4.78 is 16.3. The number of nitrogens with one attached hydrogen (secondary N) is 2. The molecule has 30 heavy (non-hydrogen) atoms. The predicted octanol–water partition coefficient (Wildman–Crippen LogP) is 5.59. The first kappa shape index (κ1) is 21.3. The fourth-order valence-electron chi connectivity index (χ4n) is 2.74. The first-order valence-electron chi connectivity index (χ1n) is 9.32. The largest absolute Gasteiger partial charge is 0.497 e. The van der Waals surface area contributed by atoms with Crippen LogP contribution >= 0.6 is 11.6 Å². The van der Waals surface area contributed by atoms with Crippen molar-refractivity contribution in [1.29, 1.82) is 0 Å². The van der Waals surface area contributed by atoms with Gasteiger partial charge in [-0.25, -0.2) is 0 Å². The average Bonchev–Trinajstić information content (AvgIpc) is 2.76. The Bertz CT molecular complexity index is 1010. The van der Waals surface area contributed by atoms with Crippen molar-refractivity contribution in [2.24, 2.45) is 0 Å². The van der Waals surface area contributed by atoms with Crippen LogP contribution in [0.25, 0.3) is 0 Å². The van der Waals surface area contributed by atoms with Gasteiger partial charge in [-0.3, -0.25) is 4.79 Å². The molecule has 156 valence electrons. The second-order valence-corrected chi connectivity index (χ2v) is 6.89. The molecule has 0 aliphatic rings. The third-order valence-electron chi connectivity index (χ3n) is 4.36. The Morgan fingerprint density at radius 3 is 2.27 bits per heavy atom. The van der Waals surface area contributed by atoms with E-state index < -0.39 is 6.04 Å². The highest BCUT2D eigenvalue weighted by molar-refractivity contribution is 6.32. The molecule has 0 heterocycles. The van der Waals surface area contributed by atoms with Gasteiger partial charge in [0.15, 0.2) is 0 Å². The van der Waals surface area contributed by atoms with Crippen molar-refractivity contribution in [3.63, 3.8) is 0 Å². The summed E-state index contributed by atoms with van der Waals surface area (Å²) in [6.45, 7) is 1.77. The molecule has 7 heteroatoms. The SMILES string of the molecule is COc1ccc(OC)c(NC(=O)C(C)Nc2ccc(Oc3ccccc3Cl)cc2)c1. The molecule has 3 aromatic carbocycles. The number of carbonyl (C=O) groups excluding carboxylic acids is 1. The number of rotatable bonds is 8. The van der Waals surface area contributed by atoms with Crippen molar-refractivity contribution in [3.05, 3.63) is 71.8 Å². The Balaban J connectivity index is 1.62. The van der Waals surface area contributed by atoms with Crippen LogP contribution in [0, 0.1) is 0 Å². The number of ether oxygens (including phenoxy) is 3. The molecule has 1 unspecified atom stereocenters. The first-order valence-corrected chi connectivity index (χ1v) is 9.70. The molecule has 3 rings (SSSR count). The summed E-state index contributed by atoms with van der Waals surface area (Å²) in [7, 11) is 3.11. The molecule has 1 atom stereocenters. The van der Waals surface area contributed by atoms with Gasteiger partial charge in [-0.05, 0) is 55.5 Å². The van der Waals surface area contributed by atoms with Crippen LogP contribution in [0.2, 0.25) is 5.02 Å². The molecule has 0 aliphatic carbocycles. The van der Waals surface area contributed by atoms with Crippen molar-refractivity contribution in [2.45, 2.75) is 13.0 Å². The van der Waals surface area contributed by atoms with Gasteiger partial charge in [0.05, 0.1) is 24.9 Å². The van der Waals surface area contributed by atoms with Crippen LogP contribution < -0.4 is 24.8 Å². The van der Waals surface area contributed by atoms with Gasteiger partial charge in [0.1, 0.15) is 29.0 Å². The highest BCUT2D eigenvalue weighted by atomic mass is 35.5. The van der Waals surface area contributed by atoms with Crippen LogP contribution in [-0.4, -0.2) is 26.2 Å². The van der Waals surface area contributed by atoms with E-state index in [1.807, 2.05) is 24.3 Å². The summed E-state index contributed by atoms with van der Waals surface area (Å²) in [5.41, 5.74) is 1.32. The number of para-hydroxylation sites is 1. The monoisotopic (exact) mass is 426 g/mol. The van der Waals surface area contributed by atoms with Gasteiger partial charge in [-0.1, -0.05) is 23.7 Å². The topological polar surface area (TPSA) is 68.8 Å². The van der Waals surface area contributed by atoms with Crippen LogP contribution in [0.4, 0.5) is 11.4 Å². The number of halogens is 1. The van der Waals surface area contributed by atoms with Crippen molar-refractivity contribution in [1.82, 2.24) is 0 Å². The Morgan fingerprint density at radius 1 is 0.900 bits per heavy atom. The zero-order valence-electron chi connectivity index (χ0n) is 16.9. The summed E-state index contributed by atoms with van der Waals surface area (Å²) in [5, 5.41) is 6.57. The molecule has 2 N–H and O–H groups in total. The molecule has 1 amide bonds. The second kappa shape index (κ2) is 9.89. The van der Waals surface area contributed by atoms with Crippen LogP contribution in [0.1, 0.15) is 6.92 Å². The van der Waals surface area contributed by atoms with Crippen molar-refractivity contribution >= 4 is 28.9 Å². The third-order valence-corrected chi connectivity index (χ3v) is 4.67. The number of anilines is 2. The lowest BCUT2D eigenvalue weighted by molar-refractivity contribution is -0.116. The smallest absolute Gasteiger partial charge is 0.246 e. The number of carbonyl (C=O) groups is 1. The maximum absolute atomic E-state index is 12.6. The molecular formula is C23H23ClN2O4. The molecule has 0 aliphatic heterocycles. The summed E-state index contributed by atoms with van der Waals surface area (Å²) in [6.07, 6.45) is 0. The number of hydrogen-bond acceptors (Lipinski definition) is 5. The first-order chi connectivity index (χ1) is 14.5. The van der Waals surface area contributed by atoms with Gasteiger partial charge in [-0.15, -0.1) is 0 Å². The minimum atomic E-state index is -0.490. The average molecular weight is 427 g/mol. The van der Waals surface area contributed by atoms with E-state index in [1.54, 1.807) is 63.6 Å². The molecule has 0 aromatic heterocycles.